The Balaban J connectivity index is 1.80. The number of aryl methyl sites for hydroxylation is 1. The first-order chi connectivity index (χ1) is 15.5. The summed E-state index contributed by atoms with van der Waals surface area (Å²) < 4.78 is 38.0. The fourth-order valence-corrected chi connectivity index (χ4v) is 4.04. The molecule has 1 aliphatic heterocycles. The second kappa shape index (κ2) is 9.30. The molecule has 20 heteroatoms. The standard InChI is InChI=1S/C13H16N10O8S2/c1-22-7(18-20-21-22)3-31-19-8(5-4-32-12(14)16-5)10(24)17-9-6(2-30-13(15)26)23(11(9)25)33(27,28)29/h4,6,9H,2-3H2,1H3,(H2,14,16)(H2,15,26)(H,17,24)(H,27,28,29)/t6-,9+/m1/s1. The Morgan fingerprint density at radius 2 is 2.15 bits per heavy atom. The number of rotatable bonds is 9. The second-order valence-electron chi connectivity index (χ2n) is 6.26. The lowest BCUT2D eigenvalue weighted by molar-refractivity contribution is -0.146. The summed E-state index contributed by atoms with van der Waals surface area (Å²) in [7, 11) is -3.45. The molecule has 3 amide bonds. The van der Waals surface area contributed by atoms with Gasteiger partial charge in [-0.3, -0.25) is 14.1 Å². The zero-order valence-corrected chi connectivity index (χ0v) is 18.2. The molecule has 178 valence electrons. The lowest BCUT2D eigenvalue weighted by atomic mass is 9.99. The van der Waals surface area contributed by atoms with Crippen molar-refractivity contribution >= 4 is 50.4 Å². The van der Waals surface area contributed by atoms with E-state index in [1.807, 2.05) is 0 Å². The monoisotopic (exact) mass is 504 g/mol. The van der Waals surface area contributed by atoms with Crippen LogP contribution in [0.1, 0.15) is 11.5 Å². The van der Waals surface area contributed by atoms with Crippen molar-refractivity contribution < 1.29 is 36.9 Å². The third kappa shape index (κ3) is 5.30. The quantitative estimate of drug-likeness (QED) is 0.113. The Hall–Kier alpha value is -3.91. The predicted octanol–water partition coefficient (Wildman–Crippen LogP) is -3.24. The van der Waals surface area contributed by atoms with E-state index in [0.29, 0.717) is 0 Å². The molecule has 0 bridgehead atoms. The van der Waals surface area contributed by atoms with Crippen molar-refractivity contribution in [3.05, 3.63) is 16.9 Å². The normalized spacial score (nSPS) is 18.5. The molecule has 18 nitrogen and oxygen atoms in total. The first-order valence-corrected chi connectivity index (χ1v) is 10.9. The number of amides is 3. The minimum atomic E-state index is -5.00. The van der Waals surface area contributed by atoms with Crippen molar-refractivity contribution in [3.8, 4) is 0 Å². The number of hydrogen-bond acceptors (Lipinski definition) is 14. The molecule has 2 aromatic heterocycles. The molecule has 2 atom stereocenters. The van der Waals surface area contributed by atoms with Gasteiger partial charge in [0.2, 0.25) is 0 Å². The van der Waals surface area contributed by atoms with Gasteiger partial charge in [0, 0.05) is 12.4 Å². The van der Waals surface area contributed by atoms with Gasteiger partial charge in [0.05, 0.1) is 0 Å². The van der Waals surface area contributed by atoms with Crippen LogP contribution in [0.25, 0.3) is 0 Å². The highest BCUT2D eigenvalue weighted by Crippen LogP contribution is 2.24. The minimum Gasteiger partial charge on any atom is -0.447 e. The molecule has 0 aromatic carbocycles. The Labute approximate surface area is 188 Å². The molecule has 33 heavy (non-hydrogen) atoms. The Kier molecular flexibility index (Phi) is 6.69. The molecule has 3 heterocycles. The van der Waals surface area contributed by atoms with Crippen LogP contribution in [-0.2, 0) is 43.1 Å². The van der Waals surface area contributed by atoms with E-state index in [4.69, 9.17) is 16.3 Å². The molecule has 1 fully saturated rings. The van der Waals surface area contributed by atoms with Gasteiger partial charge < -0.3 is 26.4 Å². The third-order valence-corrected chi connectivity index (χ3v) is 5.76. The highest BCUT2D eigenvalue weighted by atomic mass is 32.2. The molecule has 2 aromatic rings. The number of nitrogen functional groups attached to an aromatic ring is 1. The zero-order chi connectivity index (χ0) is 24.3. The van der Waals surface area contributed by atoms with Crippen molar-refractivity contribution in [3.63, 3.8) is 0 Å². The van der Waals surface area contributed by atoms with Gasteiger partial charge in [0.1, 0.15) is 24.4 Å². The van der Waals surface area contributed by atoms with Crippen LogP contribution < -0.4 is 16.8 Å². The van der Waals surface area contributed by atoms with Gasteiger partial charge >= 0.3 is 16.4 Å². The summed E-state index contributed by atoms with van der Waals surface area (Å²) in [5.74, 6) is -1.92. The van der Waals surface area contributed by atoms with E-state index in [1.54, 1.807) is 7.05 Å². The van der Waals surface area contributed by atoms with Gasteiger partial charge in [-0.05, 0) is 10.4 Å². The number of hydrogen-bond donors (Lipinski definition) is 4. The van der Waals surface area contributed by atoms with Crippen LogP contribution in [0.5, 0.6) is 0 Å². The first kappa shape index (κ1) is 23.7. The summed E-state index contributed by atoms with van der Waals surface area (Å²) in [5, 5.41) is 18.2. The SMILES string of the molecule is Cn1nnnc1CON=C(C(=O)N[C@@H]1C(=O)N(S(=O)(=O)O)[C@@H]1COC(N)=O)c1csc(N)n1. The summed E-state index contributed by atoms with van der Waals surface area (Å²) >= 11 is 0.994. The number of nitrogens with two attached hydrogens (primary N) is 2. The van der Waals surface area contributed by atoms with Gasteiger partial charge in [-0.25, -0.2) is 18.8 Å². The number of aromatic nitrogens is 5. The van der Waals surface area contributed by atoms with Gasteiger partial charge in [0.15, 0.2) is 23.3 Å². The minimum absolute atomic E-state index is 0.00515. The van der Waals surface area contributed by atoms with Gasteiger partial charge in [-0.15, -0.1) is 16.4 Å². The number of ether oxygens (including phenoxy) is 1. The Morgan fingerprint density at radius 1 is 1.42 bits per heavy atom. The third-order valence-electron chi connectivity index (χ3n) is 4.14. The van der Waals surface area contributed by atoms with E-state index in [1.165, 1.54) is 10.1 Å². The van der Waals surface area contributed by atoms with Crippen LogP contribution in [0.15, 0.2) is 10.5 Å². The van der Waals surface area contributed by atoms with Crippen LogP contribution in [0.3, 0.4) is 0 Å². The van der Waals surface area contributed by atoms with Crippen molar-refractivity contribution in [2.75, 3.05) is 12.3 Å². The topological polar surface area (TPSA) is 260 Å². The molecule has 0 saturated carbocycles. The number of tetrazole rings is 1. The van der Waals surface area contributed by atoms with Crippen molar-refractivity contribution in [1.29, 1.82) is 0 Å². The number of primary amides is 1. The highest BCUT2D eigenvalue weighted by Gasteiger charge is 2.54. The molecule has 1 saturated heterocycles. The molecule has 6 N–H and O–H groups in total. The van der Waals surface area contributed by atoms with Gasteiger partial charge in [-0.2, -0.15) is 8.42 Å². The molecular weight excluding hydrogens is 488 g/mol. The number of thiazole rings is 1. The van der Waals surface area contributed by atoms with Gasteiger partial charge in [-0.1, -0.05) is 5.16 Å². The van der Waals surface area contributed by atoms with Crippen LogP contribution in [0.4, 0.5) is 9.93 Å². The molecular formula is C13H16N10O8S2. The maximum absolute atomic E-state index is 12.8. The maximum Gasteiger partial charge on any atom is 0.404 e. The van der Waals surface area contributed by atoms with Crippen LogP contribution in [0.2, 0.25) is 0 Å². The highest BCUT2D eigenvalue weighted by molar-refractivity contribution is 7.84. The average molecular weight is 504 g/mol. The van der Waals surface area contributed by atoms with Crippen LogP contribution in [-0.4, -0.2) is 84.8 Å². The number of oxime groups is 1. The number of carbonyl (C=O) groups excluding carboxylic acids is 3. The fourth-order valence-electron chi connectivity index (χ4n) is 2.63. The van der Waals surface area contributed by atoms with E-state index in [0.717, 1.165) is 11.3 Å². The lowest BCUT2D eigenvalue weighted by Crippen LogP contribution is -2.73. The molecule has 1 aliphatic rings. The van der Waals surface area contributed by atoms with E-state index in [2.05, 4.69) is 35.7 Å². The Bertz CT molecular complexity index is 1210. The maximum atomic E-state index is 12.8. The van der Waals surface area contributed by atoms with E-state index in [-0.39, 0.29) is 27.6 Å². The molecule has 0 aliphatic carbocycles. The van der Waals surface area contributed by atoms with Crippen molar-refractivity contribution in [1.82, 2.24) is 34.8 Å². The largest absolute Gasteiger partial charge is 0.447 e. The summed E-state index contributed by atoms with van der Waals surface area (Å²) in [6, 6.07) is -2.97. The Morgan fingerprint density at radius 3 is 2.70 bits per heavy atom. The van der Waals surface area contributed by atoms with E-state index in [9.17, 15) is 27.4 Å². The second-order valence-corrected chi connectivity index (χ2v) is 8.44. The fraction of sp³-hybridized carbons (Fsp3) is 0.385. The number of carbonyl (C=O) groups is 3. The number of nitrogens with zero attached hydrogens (tertiary/aromatic N) is 7. The number of anilines is 1. The summed E-state index contributed by atoms with van der Waals surface area (Å²) in [4.78, 5) is 45.0. The molecule has 0 spiro atoms. The van der Waals surface area contributed by atoms with Crippen LogP contribution >= 0.6 is 11.3 Å². The molecule has 0 radical (unpaired) electrons. The predicted molar refractivity (Wildman–Crippen MR) is 106 cm³/mol. The zero-order valence-electron chi connectivity index (χ0n) is 16.6. The summed E-state index contributed by atoms with van der Waals surface area (Å²) in [6.07, 6.45) is -1.26. The van der Waals surface area contributed by atoms with E-state index < -0.39 is 52.6 Å². The lowest BCUT2D eigenvalue weighted by Gasteiger charge is -2.43. The first-order valence-electron chi connectivity index (χ1n) is 8.65. The summed E-state index contributed by atoms with van der Waals surface area (Å²) in [6.45, 7) is -0.953. The van der Waals surface area contributed by atoms with Crippen molar-refractivity contribution in [2.24, 2.45) is 17.9 Å². The molecule has 3 rings (SSSR count). The number of β-lactam (4-membered cyclic amide) rings is 1. The molecule has 0 unspecified atom stereocenters. The van der Waals surface area contributed by atoms with Crippen LogP contribution in [0, 0.1) is 0 Å². The number of nitrogens with one attached hydrogen (secondary N) is 1. The average Bonchev–Trinajstić information content (AvgIpc) is 3.32. The van der Waals surface area contributed by atoms with Gasteiger partial charge in [0.25, 0.3) is 11.8 Å². The summed E-state index contributed by atoms with van der Waals surface area (Å²) in [5.41, 5.74) is 10.0. The smallest absolute Gasteiger partial charge is 0.404 e. The van der Waals surface area contributed by atoms with E-state index >= 15 is 0 Å². The van der Waals surface area contributed by atoms with Crippen molar-refractivity contribution in [2.45, 2.75) is 18.7 Å².